The Bertz CT molecular complexity index is 220. The van der Waals surface area contributed by atoms with Gasteiger partial charge >= 0.3 is 0 Å². The molecule has 1 nitrogen and oxygen atoms in total. The van der Waals surface area contributed by atoms with Crippen LogP contribution in [0.5, 0.6) is 0 Å². The summed E-state index contributed by atoms with van der Waals surface area (Å²) in [6, 6.07) is 0.721. The van der Waals surface area contributed by atoms with Gasteiger partial charge in [0.05, 0.1) is 6.54 Å². The summed E-state index contributed by atoms with van der Waals surface area (Å²) in [5, 5.41) is 3.56. The molecule has 14 heavy (non-hydrogen) atoms. The Balaban J connectivity index is 1.97. The minimum Gasteiger partial charge on any atom is -0.303 e. The largest absolute Gasteiger partial charge is 0.303 e. The molecule has 1 heteroatoms. The van der Waals surface area contributed by atoms with E-state index < -0.39 is 0 Å². The predicted molar refractivity (Wildman–Crippen MR) is 60.0 cm³/mol. The van der Waals surface area contributed by atoms with Crippen molar-refractivity contribution >= 4 is 0 Å². The smallest absolute Gasteiger partial charge is 0.0576 e. The fraction of sp³-hybridized carbons (Fsp3) is 0.846. The highest BCUT2D eigenvalue weighted by atomic mass is 14.9. The summed E-state index contributed by atoms with van der Waals surface area (Å²) in [4.78, 5) is 0. The lowest BCUT2D eigenvalue weighted by atomic mass is 9.70. The molecule has 2 aliphatic carbocycles. The normalized spacial score (nSPS) is 30.4. The first-order valence-electron chi connectivity index (χ1n) is 6.04. The fourth-order valence-electron chi connectivity index (χ4n) is 3.49. The molecule has 78 valence electrons. The van der Waals surface area contributed by atoms with Gasteiger partial charge in [0.1, 0.15) is 0 Å². The molecule has 1 atom stereocenters. The SMILES string of the molecule is C#CCNC1CCCC12CCCCC2. The Labute approximate surface area is 87.7 Å². The van der Waals surface area contributed by atoms with Crippen LogP contribution in [0.4, 0.5) is 0 Å². The number of terminal acetylenes is 1. The third kappa shape index (κ3) is 1.81. The highest BCUT2D eigenvalue weighted by molar-refractivity contribution is 5.00. The predicted octanol–water partition coefficient (Wildman–Crippen LogP) is 2.71. The van der Waals surface area contributed by atoms with Gasteiger partial charge in [-0.25, -0.2) is 0 Å². The maximum Gasteiger partial charge on any atom is 0.0576 e. The first-order chi connectivity index (χ1) is 6.87. The molecule has 0 aromatic rings. The number of hydrogen-bond donors (Lipinski definition) is 1. The van der Waals surface area contributed by atoms with Gasteiger partial charge in [0.25, 0.3) is 0 Å². The van der Waals surface area contributed by atoms with Crippen molar-refractivity contribution in [1.82, 2.24) is 5.32 Å². The molecule has 1 unspecified atom stereocenters. The lowest BCUT2D eigenvalue weighted by molar-refractivity contribution is 0.152. The quantitative estimate of drug-likeness (QED) is 0.662. The fourth-order valence-corrected chi connectivity index (χ4v) is 3.49. The topological polar surface area (TPSA) is 12.0 Å². The Morgan fingerprint density at radius 3 is 2.57 bits per heavy atom. The summed E-state index contributed by atoms with van der Waals surface area (Å²) in [7, 11) is 0. The van der Waals surface area contributed by atoms with Crippen molar-refractivity contribution in [2.75, 3.05) is 6.54 Å². The van der Waals surface area contributed by atoms with E-state index >= 15 is 0 Å². The molecule has 2 rings (SSSR count). The van der Waals surface area contributed by atoms with Gasteiger partial charge in [0.15, 0.2) is 0 Å². The van der Waals surface area contributed by atoms with Gasteiger partial charge in [0.2, 0.25) is 0 Å². The molecule has 2 saturated carbocycles. The molecule has 0 radical (unpaired) electrons. The zero-order chi connectivity index (χ0) is 9.86. The maximum absolute atomic E-state index is 5.31. The van der Waals surface area contributed by atoms with E-state index in [-0.39, 0.29) is 0 Å². The third-order valence-electron chi connectivity index (χ3n) is 4.21. The molecule has 0 saturated heterocycles. The lowest BCUT2D eigenvalue weighted by Crippen LogP contribution is -2.42. The highest BCUT2D eigenvalue weighted by Gasteiger charge is 2.42. The van der Waals surface area contributed by atoms with Crippen LogP contribution in [0.2, 0.25) is 0 Å². The average Bonchev–Trinajstić information content (AvgIpc) is 2.59. The van der Waals surface area contributed by atoms with E-state index in [1.54, 1.807) is 0 Å². The zero-order valence-corrected chi connectivity index (χ0v) is 9.02. The molecule has 2 fully saturated rings. The standard InChI is InChI=1S/C13H21N/c1-2-11-14-12-7-6-10-13(12)8-4-3-5-9-13/h1,12,14H,3-11H2. The minimum absolute atomic E-state index is 0.634. The van der Waals surface area contributed by atoms with E-state index in [2.05, 4.69) is 11.2 Å². The van der Waals surface area contributed by atoms with Crippen LogP contribution >= 0.6 is 0 Å². The summed E-state index contributed by atoms with van der Waals surface area (Å²) in [6.07, 6.45) is 16.7. The summed E-state index contributed by atoms with van der Waals surface area (Å²) in [6.45, 7) is 0.756. The van der Waals surface area contributed by atoms with E-state index in [0.717, 1.165) is 12.6 Å². The van der Waals surface area contributed by atoms with E-state index in [1.807, 2.05) is 0 Å². The van der Waals surface area contributed by atoms with Crippen molar-refractivity contribution < 1.29 is 0 Å². The summed E-state index contributed by atoms with van der Waals surface area (Å²) in [5.74, 6) is 2.71. The van der Waals surface area contributed by atoms with Crippen LogP contribution in [0, 0.1) is 17.8 Å². The van der Waals surface area contributed by atoms with Crippen molar-refractivity contribution in [3.05, 3.63) is 0 Å². The number of hydrogen-bond acceptors (Lipinski definition) is 1. The molecular weight excluding hydrogens is 170 g/mol. The summed E-state index contributed by atoms with van der Waals surface area (Å²) in [5.41, 5.74) is 0.634. The van der Waals surface area contributed by atoms with Crippen molar-refractivity contribution in [2.45, 2.75) is 57.4 Å². The van der Waals surface area contributed by atoms with Crippen molar-refractivity contribution in [1.29, 1.82) is 0 Å². The Hall–Kier alpha value is -0.480. The molecule has 0 aromatic carbocycles. The summed E-state index contributed by atoms with van der Waals surface area (Å²) >= 11 is 0. The van der Waals surface area contributed by atoms with Crippen LogP contribution in [0.3, 0.4) is 0 Å². The van der Waals surface area contributed by atoms with Gasteiger partial charge in [-0.1, -0.05) is 31.6 Å². The second-order valence-corrected chi connectivity index (χ2v) is 4.95. The first kappa shape index (κ1) is 10.1. The highest BCUT2D eigenvalue weighted by Crippen LogP contribution is 2.48. The zero-order valence-electron chi connectivity index (χ0n) is 9.02. The van der Waals surface area contributed by atoms with E-state index in [9.17, 15) is 0 Å². The van der Waals surface area contributed by atoms with Crippen LogP contribution in [0.1, 0.15) is 51.4 Å². The van der Waals surface area contributed by atoms with Gasteiger partial charge in [0, 0.05) is 6.04 Å². The Morgan fingerprint density at radius 2 is 1.86 bits per heavy atom. The molecule has 1 spiro atoms. The van der Waals surface area contributed by atoms with Crippen molar-refractivity contribution in [3.8, 4) is 12.3 Å². The van der Waals surface area contributed by atoms with E-state index in [0.29, 0.717) is 5.41 Å². The van der Waals surface area contributed by atoms with E-state index in [4.69, 9.17) is 6.42 Å². The molecule has 0 bridgehead atoms. The lowest BCUT2D eigenvalue weighted by Gasteiger charge is -2.39. The first-order valence-corrected chi connectivity index (χ1v) is 6.04. The van der Waals surface area contributed by atoms with Crippen molar-refractivity contribution in [2.24, 2.45) is 5.41 Å². The maximum atomic E-state index is 5.31. The number of rotatable bonds is 2. The molecule has 2 aliphatic rings. The van der Waals surface area contributed by atoms with Crippen LogP contribution in [-0.4, -0.2) is 12.6 Å². The molecule has 0 heterocycles. The average molecular weight is 191 g/mol. The molecular formula is C13H21N. The molecule has 0 aliphatic heterocycles. The minimum atomic E-state index is 0.634. The second kappa shape index (κ2) is 4.36. The number of nitrogens with one attached hydrogen (secondary N) is 1. The van der Waals surface area contributed by atoms with Gasteiger partial charge in [-0.2, -0.15) is 0 Å². The van der Waals surface area contributed by atoms with Crippen LogP contribution < -0.4 is 5.32 Å². The van der Waals surface area contributed by atoms with Crippen molar-refractivity contribution in [3.63, 3.8) is 0 Å². The van der Waals surface area contributed by atoms with Crippen LogP contribution in [0.25, 0.3) is 0 Å². The van der Waals surface area contributed by atoms with Gasteiger partial charge in [-0.3, -0.25) is 0 Å². The van der Waals surface area contributed by atoms with Gasteiger partial charge < -0.3 is 5.32 Å². The molecule has 0 aromatic heterocycles. The monoisotopic (exact) mass is 191 g/mol. The van der Waals surface area contributed by atoms with Crippen LogP contribution in [-0.2, 0) is 0 Å². The Morgan fingerprint density at radius 1 is 1.14 bits per heavy atom. The van der Waals surface area contributed by atoms with E-state index in [1.165, 1.54) is 51.4 Å². The third-order valence-corrected chi connectivity index (χ3v) is 4.21. The summed E-state index contributed by atoms with van der Waals surface area (Å²) < 4.78 is 0. The Kier molecular flexibility index (Phi) is 3.13. The van der Waals surface area contributed by atoms with Gasteiger partial charge in [-0.05, 0) is 31.1 Å². The second-order valence-electron chi connectivity index (χ2n) is 4.95. The molecule has 1 N–H and O–H groups in total. The molecule has 0 amide bonds. The van der Waals surface area contributed by atoms with Gasteiger partial charge in [-0.15, -0.1) is 6.42 Å². The van der Waals surface area contributed by atoms with Crippen LogP contribution in [0.15, 0.2) is 0 Å².